The number of benzene rings is 2. The Labute approximate surface area is 194 Å². The highest BCUT2D eigenvalue weighted by Crippen LogP contribution is 2.20. The Kier molecular flexibility index (Phi) is 7.60. The Hall–Kier alpha value is -3.35. The fourth-order valence-corrected chi connectivity index (χ4v) is 4.31. The van der Waals surface area contributed by atoms with Crippen molar-refractivity contribution in [3.63, 3.8) is 0 Å². The molecule has 0 spiro atoms. The van der Waals surface area contributed by atoms with Gasteiger partial charge in [-0.3, -0.25) is 9.79 Å². The molecular weight excluding hydrogens is 417 g/mol. The van der Waals surface area contributed by atoms with E-state index in [0.29, 0.717) is 26.1 Å². The molecule has 4 rings (SSSR count). The number of fused-ring (bicyclic) bond motifs is 2. The van der Waals surface area contributed by atoms with Gasteiger partial charge in [0.25, 0.3) is 0 Å². The summed E-state index contributed by atoms with van der Waals surface area (Å²) in [5, 5.41) is 7.65. The van der Waals surface area contributed by atoms with Gasteiger partial charge in [-0.2, -0.15) is 0 Å². The molecule has 2 aromatic carbocycles. The molecule has 0 bridgehead atoms. The Morgan fingerprint density at radius 3 is 2.88 bits per heavy atom. The monoisotopic (exact) mass is 449 g/mol. The zero-order valence-electron chi connectivity index (χ0n) is 19.2. The second-order valence-corrected chi connectivity index (χ2v) is 8.38. The van der Waals surface area contributed by atoms with E-state index in [4.69, 9.17) is 0 Å². The number of aromatic amines is 1. The number of amides is 1. The van der Waals surface area contributed by atoms with E-state index in [2.05, 4.69) is 38.8 Å². The Bertz CT molecular complexity index is 1120. The molecule has 1 aliphatic heterocycles. The minimum atomic E-state index is -0.237. The maximum absolute atomic E-state index is 13.4. The van der Waals surface area contributed by atoms with Crippen LogP contribution in [-0.4, -0.2) is 47.9 Å². The van der Waals surface area contributed by atoms with Crippen LogP contribution < -0.4 is 10.6 Å². The number of guanidine groups is 1. The predicted molar refractivity (Wildman–Crippen MR) is 131 cm³/mol. The molecular formula is C26H32FN5O. The van der Waals surface area contributed by atoms with Gasteiger partial charge in [-0.25, -0.2) is 4.39 Å². The molecule has 3 aromatic rings. The molecule has 0 fully saturated rings. The number of rotatable bonds is 8. The summed E-state index contributed by atoms with van der Waals surface area (Å²) >= 11 is 0. The summed E-state index contributed by atoms with van der Waals surface area (Å²) in [6, 6.07) is 13.2. The van der Waals surface area contributed by atoms with Crippen molar-refractivity contribution in [2.45, 2.75) is 39.2 Å². The van der Waals surface area contributed by atoms with Gasteiger partial charge in [-0.1, -0.05) is 24.3 Å². The first-order valence-corrected chi connectivity index (χ1v) is 11.8. The summed E-state index contributed by atoms with van der Waals surface area (Å²) < 4.78 is 13.4. The fraction of sp³-hybridized carbons (Fsp3) is 0.385. The van der Waals surface area contributed by atoms with Crippen LogP contribution in [0.2, 0.25) is 0 Å². The molecule has 1 aliphatic rings. The van der Waals surface area contributed by atoms with Crippen LogP contribution in [0, 0.1) is 5.82 Å². The molecule has 6 nitrogen and oxygen atoms in total. The lowest BCUT2D eigenvalue weighted by Crippen LogP contribution is -2.38. The van der Waals surface area contributed by atoms with Crippen LogP contribution in [0.1, 0.15) is 36.5 Å². The maximum Gasteiger partial charge on any atom is 0.222 e. The third-order valence-corrected chi connectivity index (χ3v) is 6.06. The van der Waals surface area contributed by atoms with E-state index in [0.717, 1.165) is 54.8 Å². The highest BCUT2D eigenvalue weighted by atomic mass is 19.1. The van der Waals surface area contributed by atoms with Gasteiger partial charge in [0.15, 0.2) is 5.96 Å². The SMILES string of the molecule is CCNC(=NCCCC(=O)N1CCc2ccccc2C1)NCCc1c[nH]c2cc(F)ccc12. The second kappa shape index (κ2) is 11.0. The summed E-state index contributed by atoms with van der Waals surface area (Å²) in [5.74, 6) is 0.718. The normalized spacial score (nSPS) is 13.8. The lowest BCUT2D eigenvalue weighted by molar-refractivity contribution is -0.132. The van der Waals surface area contributed by atoms with E-state index in [1.54, 1.807) is 0 Å². The zero-order chi connectivity index (χ0) is 23.0. The zero-order valence-corrected chi connectivity index (χ0v) is 19.2. The van der Waals surface area contributed by atoms with Gasteiger partial charge in [0, 0.05) is 56.2 Å². The molecule has 0 unspecified atom stereocenters. The summed E-state index contributed by atoms with van der Waals surface area (Å²) in [6.07, 6.45) is 4.89. The molecule has 0 saturated carbocycles. The van der Waals surface area contributed by atoms with Crippen LogP contribution in [0.25, 0.3) is 10.9 Å². The fourth-order valence-electron chi connectivity index (χ4n) is 4.31. The molecule has 0 aliphatic carbocycles. The summed E-state index contributed by atoms with van der Waals surface area (Å²) in [7, 11) is 0. The van der Waals surface area contributed by atoms with E-state index in [1.807, 2.05) is 30.2 Å². The van der Waals surface area contributed by atoms with E-state index in [-0.39, 0.29) is 11.7 Å². The average Bonchev–Trinajstić information content (AvgIpc) is 3.23. The topological polar surface area (TPSA) is 72.5 Å². The van der Waals surface area contributed by atoms with Crippen LogP contribution in [-0.2, 0) is 24.2 Å². The molecule has 1 aromatic heterocycles. The molecule has 174 valence electrons. The lowest BCUT2D eigenvalue weighted by Gasteiger charge is -2.28. The van der Waals surface area contributed by atoms with Crippen LogP contribution in [0.5, 0.6) is 0 Å². The highest BCUT2D eigenvalue weighted by Gasteiger charge is 2.19. The number of carbonyl (C=O) groups excluding carboxylic acids is 1. The summed E-state index contributed by atoms with van der Waals surface area (Å²) in [4.78, 5) is 22.3. The van der Waals surface area contributed by atoms with Crippen molar-refractivity contribution in [3.05, 3.63) is 71.2 Å². The van der Waals surface area contributed by atoms with Crippen molar-refractivity contribution in [3.8, 4) is 0 Å². The van der Waals surface area contributed by atoms with Crippen molar-refractivity contribution in [2.24, 2.45) is 4.99 Å². The minimum Gasteiger partial charge on any atom is -0.361 e. The Balaban J connectivity index is 1.22. The van der Waals surface area contributed by atoms with Gasteiger partial charge < -0.3 is 20.5 Å². The Morgan fingerprint density at radius 2 is 2.03 bits per heavy atom. The molecule has 1 amide bonds. The number of aliphatic imine (C=N–C) groups is 1. The van der Waals surface area contributed by atoms with Crippen LogP contribution in [0.15, 0.2) is 53.7 Å². The highest BCUT2D eigenvalue weighted by molar-refractivity contribution is 5.83. The van der Waals surface area contributed by atoms with Crippen molar-refractivity contribution in [2.75, 3.05) is 26.2 Å². The standard InChI is InChI=1S/C26H32FN5O/c1-2-28-26(30-14-11-20-17-31-24-16-22(27)9-10-23(20)24)29-13-5-8-25(33)32-15-12-19-6-3-4-7-21(19)18-32/h3-4,6-7,9-10,16-17,31H,2,5,8,11-15,18H2,1H3,(H2,28,29,30). The number of aromatic nitrogens is 1. The number of carbonyl (C=O) groups is 1. The number of H-pyrrole nitrogens is 1. The van der Waals surface area contributed by atoms with Gasteiger partial charge in [-0.05, 0) is 61.1 Å². The molecule has 0 saturated heterocycles. The molecule has 3 N–H and O–H groups in total. The van der Waals surface area contributed by atoms with E-state index in [9.17, 15) is 9.18 Å². The average molecular weight is 450 g/mol. The van der Waals surface area contributed by atoms with Crippen molar-refractivity contribution in [1.29, 1.82) is 0 Å². The molecule has 0 radical (unpaired) electrons. The predicted octanol–water partition coefficient (Wildman–Crippen LogP) is 3.77. The lowest BCUT2D eigenvalue weighted by atomic mass is 9.99. The number of nitrogens with zero attached hydrogens (tertiary/aromatic N) is 2. The first-order chi connectivity index (χ1) is 16.1. The van der Waals surface area contributed by atoms with E-state index >= 15 is 0 Å². The van der Waals surface area contributed by atoms with Crippen LogP contribution in [0.4, 0.5) is 4.39 Å². The third-order valence-electron chi connectivity index (χ3n) is 6.06. The number of halogens is 1. The third kappa shape index (κ3) is 5.92. The molecule has 33 heavy (non-hydrogen) atoms. The van der Waals surface area contributed by atoms with Gasteiger partial charge in [0.2, 0.25) is 5.91 Å². The van der Waals surface area contributed by atoms with Gasteiger partial charge in [0.1, 0.15) is 5.82 Å². The summed E-state index contributed by atoms with van der Waals surface area (Å²) in [6.45, 7) is 5.61. The van der Waals surface area contributed by atoms with Gasteiger partial charge in [0.05, 0.1) is 0 Å². The van der Waals surface area contributed by atoms with Crippen LogP contribution >= 0.6 is 0 Å². The quantitative estimate of drug-likeness (QED) is 0.279. The largest absolute Gasteiger partial charge is 0.361 e. The maximum atomic E-state index is 13.4. The van der Waals surface area contributed by atoms with E-state index in [1.165, 1.54) is 23.3 Å². The van der Waals surface area contributed by atoms with Crippen LogP contribution in [0.3, 0.4) is 0 Å². The van der Waals surface area contributed by atoms with E-state index < -0.39 is 0 Å². The number of nitrogens with one attached hydrogen (secondary N) is 3. The molecule has 0 atom stereocenters. The number of hydrogen-bond donors (Lipinski definition) is 3. The first kappa shape index (κ1) is 22.8. The molecule has 7 heteroatoms. The first-order valence-electron chi connectivity index (χ1n) is 11.8. The van der Waals surface area contributed by atoms with Crippen molar-refractivity contribution >= 4 is 22.8 Å². The molecule has 2 heterocycles. The summed E-state index contributed by atoms with van der Waals surface area (Å²) in [5.41, 5.74) is 4.57. The second-order valence-electron chi connectivity index (χ2n) is 8.38. The Morgan fingerprint density at radius 1 is 1.18 bits per heavy atom. The minimum absolute atomic E-state index is 0.202. The van der Waals surface area contributed by atoms with Crippen molar-refractivity contribution in [1.82, 2.24) is 20.5 Å². The smallest absolute Gasteiger partial charge is 0.222 e. The van der Waals surface area contributed by atoms with Gasteiger partial charge in [-0.15, -0.1) is 0 Å². The van der Waals surface area contributed by atoms with Crippen molar-refractivity contribution < 1.29 is 9.18 Å². The number of hydrogen-bond acceptors (Lipinski definition) is 2. The van der Waals surface area contributed by atoms with Gasteiger partial charge >= 0.3 is 0 Å².